The molecule has 1 aromatic rings. The second kappa shape index (κ2) is 4.38. The summed E-state index contributed by atoms with van der Waals surface area (Å²) in [7, 11) is 0. The van der Waals surface area contributed by atoms with Gasteiger partial charge in [-0.05, 0) is 26.7 Å². The van der Waals surface area contributed by atoms with Gasteiger partial charge in [-0.3, -0.25) is 4.90 Å². The summed E-state index contributed by atoms with van der Waals surface area (Å²) in [4.78, 5) is 6.81. The van der Waals surface area contributed by atoms with Crippen molar-refractivity contribution in [3.8, 4) is 0 Å². The van der Waals surface area contributed by atoms with E-state index in [4.69, 9.17) is 9.26 Å². The number of morpholine rings is 1. The van der Waals surface area contributed by atoms with E-state index in [1.165, 1.54) is 12.8 Å². The molecule has 0 amide bonds. The number of ether oxygens (including phenoxy) is 1. The average molecular weight is 237 g/mol. The van der Waals surface area contributed by atoms with Crippen LogP contribution in [0.15, 0.2) is 4.52 Å². The monoisotopic (exact) mass is 237 g/mol. The van der Waals surface area contributed by atoms with E-state index < -0.39 is 0 Å². The lowest BCUT2D eigenvalue weighted by Gasteiger charge is -2.35. The molecular formula is C12H19N3O2. The maximum atomic E-state index is 5.60. The summed E-state index contributed by atoms with van der Waals surface area (Å²) in [5.41, 5.74) is 0. The minimum atomic E-state index is 0.289. The van der Waals surface area contributed by atoms with Crippen molar-refractivity contribution in [3.05, 3.63) is 11.7 Å². The van der Waals surface area contributed by atoms with Gasteiger partial charge in [-0.1, -0.05) is 5.16 Å². The highest BCUT2D eigenvalue weighted by Gasteiger charge is 2.30. The van der Waals surface area contributed by atoms with Crippen LogP contribution in [0.25, 0.3) is 0 Å². The standard InChI is InChI=1S/C12H19N3O2/c1-8-7-16-9(2)5-15(8)6-11-13-12(14-17-11)10-3-4-10/h8-10H,3-7H2,1-2H3/t8-,9-/m1/s1. The topological polar surface area (TPSA) is 51.4 Å². The minimum absolute atomic E-state index is 0.289. The van der Waals surface area contributed by atoms with Crippen LogP contribution in [0.1, 0.15) is 44.3 Å². The minimum Gasteiger partial charge on any atom is -0.376 e. The lowest BCUT2D eigenvalue weighted by atomic mass is 10.2. The van der Waals surface area contributed by atoms with Crippen molar-refractivity contribution in [1.82, 2.24) is 15.0 Å². The van der Waals surface area contributed by atoms with Crippen molar-refractivity contribution in [2.24, 2.45) is 0 Å². The van der Waals surface area contributed by atoms with Crippen LogP contribution in [-0.4, -0.2) is 40.3 Å². The van der Waals surface area contributed by atoms with Gasteiger partial charge in [-0.25, -0.2) is 0 Å². The van der Waals surface area contributed by atoms with Crippen molar-refractivity contribution >= 4 is 0 Å². The zero-order valence-corrected chi connectivity index (χ0v) is 10.4. The number of rotatable bonds is 3. The molecule has 1 aliphatic carbocycles. The molecule has 2 heterocycles. The van der Waals surface area contributed by atoms with Gasteiger partial charge in [0.1, 0.15) is 0 Å². The molecule has 1 aromatic heterocycles. The predicted molar refractivity (Wildman–Crippen MR) is 61.6 cm³/mol. The summed E-state index contributed by atoms with van der Waals surface area (Å²) in [5.74, 6) is 2.20. The van der Waals surface area contributed by atoms with Gasteiger partial charge in [0.15, 0.2) is 5.82 Å². The smallest absolute Gasteiger partial charge is 0.240 e. The van der Waals surface area contributed by atoms with Gasteiger partial charge in [0, 0.05) is 18.5 Å². The van der Waals surface area contributed by atoms with E-state index in [2.05, 4.69) is 28.9 Å². The largest absolute Gasteiger partial charge is 0.376 e. The van der Waals surface area contributed by atoms with E-state index >= 15 is 0 Å². The van der Waals surface area contributed by atoms with Crippen LogP contribution < -0.4 is 0 Å². The summed E-state index contributed by atoms with van der Waals surface area (Å²) >= 11 is 0. The molecule has 2 atom stereocenters. The van der Waals surface area contributed by atoms with Crippen molar-refractivity contribution in [2.45, 2.75) is 51.3 Å². The van der Waals surface area contributed by atoms with Gasteiger partial charge in [-0.15, -0.1) is 0 Å². The first kappa shape index (κ1) is 11.2. The van der Waals surface area contributed by atoms with E-state index in [0.29, 0.717) is 12.0 Å². The van der Waals surface area contributed by atoms with E-state index in [9.17, 15) is 0 Å². The quantitative estimate of drug-likeness (QED) is 0.798. The third kappa shape index (κ3) is 2.50. The molecule has 0 spiro atoms. The predicted octanol–water partition coefficient (Wildman–Crippen LogP) is 1.56. The van der Waals surface area contributed by atoms with Gasteiger partial charge in [-0.2, -0.15) is 4.98 Å². The van der Waals surface area contributed by atoms with Crippen LogP contribution in [-0.2, 0) is 11.3 Å². The zero-order valence-electron chi connectivity index (χ0n) is 10.4. The maximum absolute atomic E-state index is 5.60. The van der Waals surface area contributed by atoms with Crippen LogP contribution in [0.3, 0.4) is 0 Å². The Bertz CT molecular complexity index is 389. The maximum Gasteiger partial charge on any atom is 0.240 e. The first-order valence-corrected chi connectivity index (χ1v) is 6.40. The van der Waals surface area contributed by atoms with Crippen LogP contribution in [0.2, 0.25) is 0 Å². The summed E-state index contributed by atoms with van der Waals surface area (Å²) < 4.78 is 10.9. The Labute approximate surface area is 101 Å². The lowest BCUT2D eigenvalue weighted by Crippen LogP contribution is -2.46. The molecule has 2 aliphatic rings. The van der Waals surface area contributed by atoms with Gasteiger partial charge < -0.3 is 9.26 Å². The number of aromatic nitrogens is 2. The fourth-order valence-electron chi connectivity index (χ4n) is 2.21. The Hall–Kier alpha value is -0.940. The molecule has 5 nitrogen and oxygen atoms in total. The molecule has 1 saturated carbocycles. The van der Waals surface area contributed by atoms with E-state index in [-0.39, 0.29) is 6.10 Å². The molecule has 94 valence electrons. The van der Waals surface area contributed by atoms with E-state index in [0.717, 1.165) is 31.4 Å². The number of nitrogens with zero attached hydrogens (tertiary/aromatic N) is 3. The van der Waals surface area contributed by atoms with Crippen LogP contribution >= 0.6 is 0 Å². The van der Waals surface area contributed by atoms with Crippen LogP contribution in [0.5, 0.6) is 0 Å². The third-order valence-electron chi connectivity index (χ3n) is 3.50. The van der Waals surface area contributed by atoms with E-state index in [1.807, 2.05) is 0 Å². The van der Waals surface area contributed by atoms with Crippen molar-refractivity contribution in [3.63, 3.8) is 0 Å². The Morgan fingerprint density at radius 3 is 2.94 bits per heavy atom. The number of hydrogen-bond donors (Lipinski definition) is 0. The molecule has 5 heteroatoms. The van der Waals surface area contributed by atoms with Gasteiger partial charge in [0.2, 0.25) is 5.89 Å². The average Bonchev–Trinajstić information content (AvgIpc) is 3.05. The molecule has 0 aromatic carbocycles. The Balaban J connectivity index is 1.63. The molecule has 0 bridgehead atoms. The summed E-state index contributed by atoms with van der Waals surface area (Å²) in [6.07, 6.45) is 2.71. The molecule has 0 radical (unpaired) electrons. The molecule has 1 saturated heterocycles. The first-order chi connectivity index (χ1) is 8.22. The molecule has 0 N–H and O–H groups in total. The Morgan fingerprint density at radius 1 is 1.35 bits per heavy atom. The second-order valence-electron chi connectivity index (χ2n) is 5.24. The molecule has 3 rings (SSSR count). The highest BCUT2D eigenvalue weighted by Crippen LogP contribution is 2.38. The number of hydrogen-bond acceptors (Lipinski definition) is 5. The first-order valence-electron chi connectivity index (χ1n) is 6.40. The molecule has 1 aliphatic heterocycles. The Kier molecular flexibility index (Phi) is 2.88. The molecule has 2 fully saturated rings. The summed E-state index contributed by atoms with van der Waals surface area (Å²) in [6, 6.07) is 0.419. The summed E-state index contributed by atoms with van der Waals surface area (Å²) in [5, 5.41) is 4.04. The van der Waals surface area contributed by atoms with Crippen molar-refractivity contribution in [2.75, 3.05) is 13.2 Å². The summed E-state index contributed by atoms with van der Waals surface area (Å²) in [6.45, 7) is 6.73. The molecular weight excluding hydrogens is 218 g/mol. The van der Waals surface area contributed by atoms with Gasteiger partial charge in [0.05, 0.1) is 19.3 Å². The Morgan fingerprint density at radius 2 is 2.18 bits per heavy atom. The van der Waals surface area contributed by atoms with Crippen molar-refractivity contribution in [1.29, 1.82) is 0 Å². The highest BCUT2D eigenvalue weighted by atomic mass is 16.5. The van der Waals surface area contributed by atoms with Crippen LogP contribution in [0, 0.1) is 0 Å². The lowest BCUT2D eigenvalue weighted by molar-refractivity contribution is -0.0555. The highest BCUT2D eigenvalue weighted by molar-refractivity contribution is 5.03. The third-order valence-corrected chi connectivity index (χ3v) is 3.50. The normalized spacial score (nSPS) is 30.7. The molecule has 0 unspecified atom stereocenters. The SMILES string of the molecule is C[C@@H]1CN(Cc2nc(C3CC3)no2)[C@H](C)CO1. The van der Waals surface area contributed by atoms with E-state index in [1.54, 1.807) is 0 Å². The second-order valence-corrected chi connectivity index (χ2v) is 5.24. The van der Waals surface area contributed by atoms with Gasteiger partial charge in [0.25, 0.3) is 0 Å². The van der Waals surface area contributed by atoms with Gasteiger partial charge >= 0.3 is 0 Å². The van der Waals surface area contributed by atoms with Crippen molar-refractivity contribution < 1.29 is 9.26 Å². The molecule has 17 heavy (non-hydrogen) atoms. The van der Waals surface area contributed by atoms with Crippen LogP contribution in [0.4, 0.5) is 0 Å². The fraction of sp³-hybridized carbons (Fsp3) is 0.833. The fourth-order valence-corrected chi connectivity index (χ4v) is 2.21. The zero-order chi connectivity index (χ0) is 11.8.